The average Bonchev–Trinajstić information content (AvgIpc) is 2.75. The topological polar surface area (TPSA) is 96.3 Å². The van der Waals surface area contributed by atoms with Crippen LogP contribution in [0.5, 0.6) is 0 Å². The van der Waals surface area contributed by atoms with Crippen LogP contribution >= 0.6 is 39.3 Å². The number of halogens is 2. The molecular formula is C22H29BrClN3O4S2. The minimum atomic E-state index is -1.30. The SMILES string of the molecule is CCOC(=O)Cn1c(SC)nc(CC[C@@H](N[S+]([O-])C(C)(C)C)c2ccc(Cl)cc2)c(Br)c1=O. The summed E-state index contributed by atoms with van der Waals surface area (Å²) < 4.78 is 22.2. The predicted molar refractivity (Wildman–Crippen MR) is 138 cm³/mol. The first kappa shape index (κ1) is 28.2. The van der Waals surface area contributed by atoms with Crippen molar-refractivity contribution >= 4 is 56.6 Å². The van der Waals surface area contributed by atoms with Crippen LogP contribution in [0, 0.1) is 0 Å². The van der Waals surface area contributed by atoms with Crippen molar-refractivity contribution in [2.45, 2.75) is 63.0 Å². The number of esters is 1. The van der Waals surface area contributed by atoms with Crippen molar-refractivity contribution in [3.05, 3.63) is 55.4 Å². The highest BCUT2D eigenvalue weighted by molar-refractivity contribution is 9.10. The highest BCUT2D eigenvalue weighted by Gasteiger charge is 2.30. The van der Waals surface area contributed by atoms with Gasteiger partial charge in [0.15, 0.2) is 5.16 Å². The molecule has 182 valence electrons. The van der Waals surface area contributed by atoms with Gasteiger partial charge < -0.3 is 9.29 Å². The molecule has 0 saturated carbocycles. The number of ether oxygens (including phenoxy) is 1. The maximum atomic E-state index is 12.9. The van der Waals surface area contributed by atoms with E-state index in [9.17, 15) is 14.1 Å². The molecule has 0 aliphatic carbocycles. The van der Waals surface area contributed by atoms with E-state index in [2.05, 4.69) is 25.6 Å². The number of hydrogen-bond acceptors (Lipinski definition) is 7. The number of hydrogen-bond donors (Lipinski definition) is 1. The first-order chi connectivity index (χ1) is 15.5. The van der Waals surface area contributed by atoms with Gasteiger partial charge in [0.1, 0.15) is 15.8 Å². The van der Waals surface area contributed by atoms with E-state index in [0.717, 1.165) is 5.56 Å². The molecule has 0 amide bonds. The van der Waals surface area contributed by atoms with Crippen LogP contribution < -0.4 is 10.3 Å². The molecule has 1 N–H and O–H groups in total. The quantitative estimate of drug-likeness (QED) is 0.189. The smallest absolute Gasteiger partial charge is 0.326 e. The number of carbonyl (C=O) groups excluding carboxylic acids is 1. The van der Waals surface area contributed by atoms with Crippen molar-refractivity contribution in [2.24, 2.45) is 0 Å². The Morgan fingerprint density at radius 3 is 2.55 bits per heavy atom. The van der Waals surface area contributed by atoms with E-state index in [4.69, 9.17) is 16.3 Å². The second kappa shape index (κ2) is 12.6. The Kier molecular flexibility index (Phi) is 10.8. The van der Waals surface area contributed by atoms with E-state index in [1.165, 1.54) is 16.3 Å². The molecular weight excluding hydrogens is 550 g/mol. The largest absolute Gasteiger partial charge is 0.598 e. The monoisotopic (exact) mass is 577 g/mol. The molecule has 0 aliphatic rings. The Balaban J connectivity index is 2.32. The zero-order valence-electron chi connectivity index (χ0n) is 19.3. The summed E-state index contributed by atoms with van der Waals surface area (Å²) in [5.41, 5.74) is 1.17. The Morgan fingerprint density at radius 2 is 2.00 bits per heavy atom. The number of nitrogens with zero attached hydrogens (tertiary/aromatic N) is 2. The van der Waals surface area contributed by atoms with Crippen LogP contribution in [-0.4, -0.2) is 37.7 Å². The minimum Gasteiger partial charge on any atom is -0.598 e. The summed E-state index contributed by atoms with van der Waals surface area (Å²) >= 11 is 9.39. The average molecular weight is 579 g/mol. The summed E-state index contributed by atoms with van der Waals surface area (Å²) in [7, 11) is 0. The maximum Gasteiger partial charge on any atom is 0.326 e. The first-order valence-electron chi connectivity index (χ1n) is 10.4. The number of aromatic nitrogens is 2. The fraction of sp³-hybridized carbons (Fsp3) is 0.500. The molecule has 7 nitrogen and oxygen atoms in total. The van der Waals surface area contributed by atoms with Crippen molar-refractivity contribution in [1.29, 1.82) is 0 Å². The Morgan fingerprint density at radius 1 is 1.36 bits per heavy atom. The number of rotatable bonds is 10. The van der Waals surface area contributed by atoms with E-state index in [1.807, 2.05) is 32.9 Å². The summed E-state index contributed by atoms with van der Waals surface area (Å²) in [4.78, 5) is 29.5. The number of nitrogens with one attached hydrogen (secondary N) is 1. The summed E-state index contributed by atoms with van der Waals surface area (Å²) in [6, 6.07) is 7.14. The van der Waals surface area contributed by atoms with Gasteiger partial charge in [-0.2, -0.15) is 0 Å². The summed E-state index contributed by atoms with van der Waals surface area (Å²) in [6.07, 6.45) is 2.79. The standard InChI is InChI=1S/C22H29BrClN3O4S2/c1-6-31-18(28)13-27-20(29)19(23)17(25-21(27)32-5)12-11-16(26-33(30)22(2,3)4)14-7-9-15(24)10-8-14/h7-10,16,26H,6,11-13H2,1-5H3/t16-,33?/m1/s1. The molecule has 0 aliphatic heterocycles. The number of aryl methyl sites for hydroxylation is 1. The lowest BCUT2D eigenvalue weighted by Gasteiger charge is -2.28. The van der Waals surface area contributed by atoms with Crippen LogP contribution in [0.3, 0.4) is 0 Å². The van der Waals surface area contributed by atoms with E-state index >= 15 is 0 Å². The van der Waals surface area contributed by atoms with Crippen LogP contribution in [0.15, 0.2) is 38.7 Å². The highest BCUT2D eigenvalue weighted by atomic mass is 79.9. The van der Waals surface area contributed by atoms with Gasteiger partial charge in [0.2, 0.25) is 0 Å². The number of benzene rings is 1. The fourth-order valence-electron chi connectivity index (χ4n) is 2.93. The third-order valence-corrected chi connectivity index (χ3v) is 8.01. The molecule has 1 unspecified atom stereocenters. The van der Waals surface area contributed by atoms with E-state index < -0.39 is 22.1 Å². The van der Waals surface area contributed by atoms with E-state index in [0.29, 0.717) is 33.2 Å². The maximum absolute atomic E-state index is 12.9. The zero-order chi connectivity index (χ0) is 24.8. The van der Waals surface area contributed by atoms with Crippen molar-refractivity contribution in [1.82, 2.24) is 14.3 Å². The van der Waals surface area contributed by atoms with Crippen LogP contribution in [0.25, 0.3) is 0 Å². The zero-order valence-corrected chi connectivity index (χ0v) is 23.3. The minimum absolute atomic E-state index is 0.200. The normalized spacial score (nSPS) is 13.6. The fourth-order valence-corrected chi connectivity index (χ4v) is 4.99. The Bertz CT molecular complexity index is 1010. The molecule has 0 saturated heterocycles. The van der Waals surface area contributed by atoms with Crippen LogP contribution in [-0.2, 0) is 33.9 Å². The van der Waals surface area contributed by atoms with Gasteiger partial charge in [-0.3, -0.25) is 14.2 Å². The molecule has 1 aromatic carbocycles. The van der Waals surface area contributed by atoms with Gasteiger partial charge in [-0.1, -0.05) is 35.5 Å². The van der Waals surface area contributed by atoms with Gasteiger partial charge >= 0.3 is 5.97 Å². The van der Waals surface area contributed by atoms with Crippen molar-refractivity contribution < 1.29 is 14.1 Å². The Labute approximate surface area is 215 Å². The lowest BCUT2D eigenvalue weighted by atomic mass is 10.0. The number of carbonyl (C=O) groups is 1. The summed E-state index contributed by atoms with van der Waals surface area (Å²) in [5, 5.41) is 1.05. The molecule has 11 heteroatoms. The third kappa shape index (κ3) is 8.00. The van der Waals surface area contributed by atoms with Crippen LogP contribution in [0.1, 0.15) is 51.4 Å². The van der Waals surface area contributed by atoms with Gasteiger partial charge in [0.05, 0.1) is 18.3 Å². The van der Waals surface area contributed by atoms with Crippen molar-refractivity contribution in [3.63, 3.8) is 0 Å². The van der Waals surface area contributed by atoms with E-state index in [-0.39, 0.29) is 24.8 Å². The molecule has 0 radical (unpaired) electrons. The lowest BCUT2D eigenvalue weighted by molar-refractivity contribution is -0.144. The highest BCUT2D eigenvalue weighted by Crippen LogP contribution is 2.26. The molecule has 0 spiro atoms. The second-order valence-electron chi connectivity index (χ2n) is 8.20. The van der Waals surface area contributed by atoms with Gasteiger partial charge in [-0.25, -0.2) is 4.98 Å². The predicted octanol–water partition coefficient (Wildman–Crippen LogP) is 4.67. The lowest BCUT2D eigenvalue weighted by Crippen LogP contribution is -2.41. The molecule has 2 rings (SSSR count). The van der Waals surface area contributed by atoms with Crippen LogP contribution in [0.2, 0.25) is 5.02 Å². The van der Waals surface area contributed by atoms with Crippen molar-refractivity contribution in [2.75, 3.05) is 12.9 Å². The van der Waals surface area contributed by atoms with Crippen LogP contribution in [0.4, 0.5) is 0 Å². The van der Waals surface area contributed by atoms with Gasteiger partial charge in [-0.15, -0.1) is 4.72 Å². The first-order valence-corrected chi connectivity index (χ1v) is 13.9. The van der Waals surface area contributed by atoms with Crippen molar-refractivity contribution in [3.8, 4) is 0 Å². The summed E-state index contributed by atoms with van der Waals surface area (Å²) in [6.45, 7) is 7.47. The molecule has 1 aromatic heterocycles. The molecule has 0 bridgehead atoms. The Hall–Kier alpha value is -1.04. The molecule has 0 fully saturated rings. The number of thioether (sulfide) groups is 1. The van der Waals surface area contributed by atoms with Gasteiger partial charge in [0, 0.05) is 16.4 Å². The molecule has 1 heterocycles. The summed E-state index contributed by atoms with van der Waals surface area (Å²) in [5.74, 6) is -0.493. The molecule has 2 atom stereocenters. The third-order valence-electron chi connectivity index (χ3n) is 4.67. The molecule has 2 aromatic rings. The second-order valence-corrected chi connectivity index (χ2v) is 12.2. The van der Waals surface area contributed by atoms with Gasteiger partial charge in [-0.05, 0) is 80.4 Å². The molecule has 33 heavy (non-hydrogen) atoms. The van der Waals surface area contributed by atoms with E-state index in [1.54, 1.807) is 25.3 Å². The van der Waals surface area contributed by atoms with Gasteiger partial charge in [0.25, 0.3) is 5.56 Å².